The Bertz CT molecular complexity index is 11700. The lowest BCUT2D eigenvalue weighted by Gasteiger charge is -2.12. The first-order valence-electron chi connectivity index (χ1n) is 47.4. The van der Waals surface area contributed by atoms with Gasteiger partial charge in [-0.3, -0.25) is 0 Å². The van der Waals surface area contributed by atoms with Gasteiger partial charge >= 0.3 is 0 Å². The average molecular weight is 1920 g/mol. The lowest BCUT2D eigenvalue weighted by Crippen LogP contribution is -1.90. The minimum absolute atomic E-state index is 1.29. The molecule has 36 rings (SSSR count). The number of thiophene rings is 8. The van der Waals surface area contributed by atoms with Crippen molar-refractivity contribution in [3.05, 3.63) is 413 Å². The van der Waals surface area contributed by atoms with Crippen molar-refractivity contribution in [2.75, 3.05) is 0 Å². The molecule has 20 aromatic carbocycles. The van der Waals surface area contributed by atoms with E-state index in [1.807, 2.05) is 90.7 Å². The average Bonchev–Trinajstić information content (AvgIpc) is 1.54. The molecule has 12 heteroatoms. The van der Waals surface area contributed by atoms with Gasteiger partial charge in [-0.15, -0.1) is 90.7 Å². The predicted octanol–water partition coefficient (Wildman–Crippen LogP) is 40.5. The minimum atomic E-state index is 1.29. The summed E-state index contributed by atoms with van der Waals surface area (Å²) in [5, 5.41) is 48.1. The monoisotopic (exact) mass is 1920 g/mol. The second-order valence-electron chi connectivity index (χ2n) is 37.4. The van der Waals surface area contributed by atoms with Gasteiger partial charge in [0.05, 0.1) is 62.9 Å². The summed E-state index contributed by atoms with van der Waals surface area (Å²) in [4.78, 5) is 0. The number of benzene rings is 20. The minimum Gasteiger partial charge on any atom is -0.313 e. The molecule has 0 amide bonds. The lowest BCUT2D eigenvalue weighted by atomic mass is 9.98. The summed E-state index contributed by atoms with van der Waals surface area (Å²) in [6, 6.07) is 144. The van der Waals surface area contributed by atoms with Crippen molar-refractivity contribution in [3.63, 3.8) is 0 Å². The standard InChI is InChI=1S/4C32H17NS2/c1-2-8-19-18(7-1)17-33-30(19)26-15-25-21-10-4-5-11-27(21)34-29(25)16-24(26)22-13-14-23-20-9-3-6-12-28(20)35-32(23)31(22)33;1-2-8-19-18(7-1)17-33-30(19)26-16-29-25(21-10-4-5-11-27(21)34-29)15-24(26)22-13-14-23-20-9-3-6-12-28(20)35-32(23)31(22)33;1-2-8-19-18(7-1)17-33-29(19)28-22(13-15-24-20-9-3-5-11-26(20)34-31(24)28)23-14-16-25-21-10-4-6-12-27(21)35-32(25)30(23)33;1-2-8-19-18(7-1)17-33-30(19)29-21(15-16-27-28(29)24-10-4-6-12-26(24)34-27)22-13-14-23-20-9-3-5-11-25(20)35-32(23)31(22)33/h4*1-17H. The molecule has 36 aromatic rings. The molecule has 0 N–H and O–H groups in total. The van der Waals surface area contributed by atoms with Crippen molar-refractivity contribution in [1.29, 1.82) is 0 Å². The van der Waals surface area contributed by atoms with Gasteiger partial charge in [-0.05, 0) is 100 Å². The molecule has 140 heavy (non-hydrogen) atoms. The van der Waals surface area contributed by atoms with Crippen molar-refractivity contribution >= 4 is 404 Å². The highest BCUT2D eigenvalue weighted by molar-refractivity contribution is 7.29. The zero-order chi connectivity index (χ0) is 90.7. The van der Waals surface area contributed by atoms with Crippen LogP contribution in [-0.4, -0.2) is 17.6 Å². The van der Waals surface area contributed by atoms with E-state index in [9.17, 15) is 0 Å². The Balaban J connectivity index is 0.0000000829. The molecule has 16 aromatic heterocycles. The van der Waals surface area contributed by atoms with E-state index in [2.05, 4.69) is 431 Å². The van der Waals surface area contributed by atoms with E-state index in [1.54, 1.807) is 0 Å². The number of hydrogen-bond acceptors (Lipinski definition) is 8. The number of aromatic nitrogens is 4. The molecule has 0 bridgehead atoms. The number of fused-ring (bicyclic) bond motifs is 62. The molecule has 0 unspecified atom stereocenters. The fourth-order valence-corrected chi connectivity index (χ4v) is 33.8. The van der Waals surface area contributed by atoms with Crippen LogP contribution >= 0.6 is 90.7 Å². The van der Waals surface area contributed by atoms with Gasteiger partial charge in [-0.1, -0.05) is 309 Å². The molecular weight excluding hydrogens is 1850 g/mol. The fourth-order valence-electron chi connectivity index (χ4n) is 24.2. The number of pyridine rings is 4. The Labute approximate surface area is 826 Å². The summed E-state index contributed by atoms with van der Waals surface area (Å²) in [5.74, 6) is 0. The van der Waals surface area contributed by atoms with Crippen LogP contribution in [0.3, 0.4) is 0 Å². The second kappa shape index (κ2) is 29.0. The van der Waals surface area contributed by atoms with Crippen LogP contribution in [0.25, 0.3) is 313 Å². The van der Waals surface area contributed by atoms with Crippen LogP contribution in [0.1, 0.15) is 0 Å². The zero-order valence-electron chi connectivity index (χ0n) is 74.3. The van der Waals surface area contributed by atoms with Crippen LogP contribution < -0.4 is 0 Å². The fraction of sp³-hybridized carbons (Fsp3) is 0. The first-order valence-corrected chi connectivity index (χ1v) is 54.0. The summed E-state index contributed by atoms with van der Waals surface area (Å²) < 4.78 is 31.6. The Kier molecular flexibility index (Phi) is 16.0. The molecule has 0 atom stereocenters. The van der Waals surface area contributed by atoms with E-state index < -0.39 is 0 Å². The quantitative estimate of drug-likeness (QED) is 0.135. The second-order valence-corrected chi connectivity index (χ2v) is 45.9. The van der Waals surface area contributed by atoms with E-state index in [0.29, 0.717) is 0 Å². The molecule has 648 valence electrons. The van der Waals surface area contributed by atoms with Crippen LogP contribution in [-0.2, 0) is 0 Å². The molecule has 0 aliphatic heterocycles. The van der Waals surface area contributed by atoms with E-state index in [0.717, 1.165) is 0 Å². The Morgan fingerprint density at radius 3 is 0.743 bits per heavy atom. The van der Waals surface area contributed by atoms with Crippen LogP contribution in [0.2, 0.25) is 0 Å². The first kappa shape index (κ1) is 77.4. The SMILES string of the molecule is c1ccc2c(c1)cn1c2c2cc3c(cc2c2ccc4c5ccccc5sc4c21)sc1ccccc13.c1ccc2c(c1)cn1c2c2cc3sc4ccccc4c3cc2c2ccc3c4ccccc4sc3c21.c1ccc2c(c1)cn1c3c(ccc4c5ccccc5sc43)c3ccc4c5ccccc5sc4c3c21.c1ccc2c(c1)cn1c3c(ccc4c5ccccc5sc43)c3ccc4sc5ccccc5c4c3c21. The third-order valence-electron chi connectivity index (χ3n) is 30.2. The van der Waals surface area contributed by atoms with E-state index in [1.165, 1.54) is 313 Å². The third-order valence-corrected chi connectivity index (χ3v) is 39.6. The molecule has 0 saturated heterocycles. The van der Waals surface area contributed by atoms with Gasteiger partial charge in [0.2, 0.25) is 0 Å². The van der Waals surface area contributed by atoms with Gasteiger partial charge in [0, 0.05) is 254 Å². The van der Waals surface area contributed by atoms with E-state index >= 15 is 0 Å². The molecule has 0 saturated carbocycles. The maximum atomic E-state index is 2.49. The van der Waals surface area contributed by atoms with E-state index in [-0.39, 0.29) is 0 Å². The Morgan fingerprint density at radius 1 is 0.114 bits per heavy atom. The first-order chi connectivity index (χ1) is 69.4. The topological polar surface area (TPSA) is 17.6 Å². The molecule has 0 fully saturated rings. The smallest absolute Gasteiger partial charge is 0.0714 e. The largest absolute Gasteiger partial charge is 0.313 e. The Morgan fingerprint density at radius 2 is 0.350 bits per heavy atom. The zero-order valence-corrected chi connectivity index (χ0v) is 80.8. The van der Waals surface area contributed by atoms with Gasteiger partial charge in [0.1, 0.15) is 0 Å². The van der Waals surface area contributed by atoms with Crippen LogP contribution in [0.4, 0.5) is 0 Å². The third kappa shape index (κ3) is 10.7. The van der Waals surface area contributed by atoms with Gasteiger partial charge in [0.25, 0.3) is 0 Å². The Hall–Kier alpha value is -15.7. The van der Waals surface area contributed by atoms with Gasteiger partial charge in [-0.2, -0.15) is 0 Å². The van der Waals surface area contributed by atoms with E-state index in [4.69, 9.17) is 0 Å². The summed E-state index contributed by atoms with van der Waals surface area (Å²) in [7, 11) is 0. The molecule has 0 spiro atoms. The molecule has 16 heterocycles. The molecule has 0 aliphatic carbocycles. The van der Waals surface area contributed by atoms with Crippen LogP contribution in [0.5, 0.6) is 0 Å². The van der Waals surface area contributed by atoms with Crippen molar-refractivity contribution in [1.82, 2.24) is 17.6 Å². The van der Waals surface area contributed by atoms with Crippen LogP contribution in [0.15, 0.2) is 413 Å². The molecule has 0 aliphatic rings. The highest BCUT2D eigenvalue weighted by Gasteiger charge is 2.27. The maximum absolute atomic E-state index is 2.49. The summed E-state index contributed by atoms with van der Waals surface area (Å²) in [6.45, 7) is 0. The number of rotatable bonds is 0. The molecular formula is C128H68N4S8. The normalized spacial score (nSPS) is 12.6. The van der Waals surface area contributed by atoms with Crippen molar-refractivity contribution < 1.29 is 0 Å². The highest BCUT2D eigenvalue weighted by atomic mass is 32.1. The van der Waals surface area contributed by atoms with Gasteiger partial charge < -0.3 is 17.6 Å². The number of hydrogen-bond donors (Lipinski definition) is 0. The van der Waals surface area contributed by atoms with Gasteiger partial charge in [-0.25, -0.2) is 0 Å². The van der Waals surface area contributed by atoms with Gasteiger partial charge in [0.15, 0.2) is 0 Å². The summed E-state index contributed by atoms with van der Waals surface area (Å²) in [6.07, 6.45) is 9.38. The van der Waals surface area contributed by atoms with Crippen molar-refractivity contribution in [3.8, 4) is 0 Å². The van der Waals surface area contributed by atoms with Crippen molar-refractivity contribution in [2.24, 2.45) is 0 Å². The van der Waals surface area contributed by atoms with Crippen molar-refractivity contribution in [2.45, 2.75) is 0 Å². The summed E-state index contributed by atoms with van der Waals surface area (Å²) in [5.41, 5.74) is 10.6. The summed E-state index contributed by atoms with van der Waals surface area (Å²) >= 11 is 15.3. The molecule has 0 radical (unpaired) electrons. The highest BCUT2D eigenvalue weighted by Crippen LogP contribution is 2.54. The van der Waals surface area contributed by atoms with Crippen LogP contribution in [0, 0.1) is 0 Å². The maximum Gasteiger partial charge on any atom is 0.0714 e. The lowest BCUT2D eigenvalue weighted by molar-refractivity contribution is 1.31. The predicted molar refractivity (Wildman–Crippen MR) is 623 cm³/mol. The molecule has 4 nitrogen and oxygen atoms in total. The number of nitrogens with zero attached hydrogens (tertiary/aromatic N) is 4.